The van der Waals surface area contributed by atoms with Gasteiger partial charge in [-0.2, -0.15) is 0 Å². The van der Waals surface area contributed by atoms with Gasteiger partial charge in [-0.1, -0.05) is 20.8 Å². The molecule has 0 aromatic rings. The standard InChI is InChI=1S/C7H16NO.Li/c1-6(2)8-7(3)5-9-4;/h6-7H,5H2,1-4H3;/q-1;+1/t7-;/m0./s1. The van der Waals surface area contributed by atoms with Gasteiger partial charge in [0.2, 0.25) is 0 Å². The third-order valence-electron chi connectivity index (χ3n) is 0.960. The molecular formula is C7H16LiNO. The second-order valence-corrected chi connectivity index (χ2v) is 2.55. The van der Waals surface area contributed by atoms with Crippen molar-refractivity contribution >= 4 is 0 Å². The third kappa shape index (κ3) is 8.52. The Bertz CT molecular complexity index is 68.6. The van der Waals surface area contributed by atoms with Crippen LogP contribution in [0.5, 0.6) is 0 Å². The molecule has 3 heteroatoms. The molecule has 0 N–H and O–H groups in total. The van der Waals surface area contributed by atoms with Crippen LogP contribution in [-0.2, 0) is 4.74 Å². The van der Waals surface area contributed by atoms with Gasteiger partial charge >= 0.3 is 18.9 Å². The monoisotopic (exact) mass is 137 g/mol. The van der Waals surface area contributed by atoms with Crippen LogP contribution in [0.3, 0.4) is 0 Å². The predicted molar refractivity (Wildman–Crippen MR) is 39.8 cm³/mol. The van der Waals surface area contributed by atoms with Crippen molar-refractivity contribution in [1.29, 1.82) is 0 Å². The Morgan fingerprint density at radius 2 is 1.80 bits per heavy atom. The fourth-order valence-electron chi connectivity index (χ4n) is 0.793. The van der Waals surface area contributed by atoms with Gasteiger partial charge in [-0.3, -0.25) is 0 Å². The van der Waals surface area contributed by atoms with E-state index in [1.165, 1.54) is 0 Å². The summed E-state index contributed by atoms with van der Waals surface area (Å²) in [5.41, 5.74) is 0. The van der Waals surface area contributed by atoms with Crippen LogP contribution in [0.15, 0.2) is 0 Å². The van der Waals surface area contributed by atoms with E-state index in [0.29, 0.717) is 12.1 Å². The van der Waals surface area contributed by atoms with E-state index < -0.39 is 0 Å². The molecule has 0 rings (SSSR count). The minimum absolute atomic E-state index is 0. The maximum absolute atomic E-state index is 4.91. The van der Waals surface area contributed by atoms with E-state index >= 15 is 0 Å². The van der Waals surface area contributed by atoms with E-state index in [-0.39, 0.29) is 18.9 Å². The molecule has 0 aromatic heterocycles. The summed E-state index contributed by atoms with van der Waals surface area (Å²) in [5, 5.41) is 4.34. The molecule has 0 radical (unpaired) electrons. The summed E-state index contributed by atoms with van der Waals surface area (Å²) < 4.78 is 4.91. The number of hydrogen-bond acceptors (Lipinski definition) is 1. The van der Waals surface area contributed by atoms with Crippen LogP contribution >= 0.6 is 0 Å². The first kappa shape index (κ1) is 13.1. The summed E-state index contributed by atoms with van der Waals surface area (Å²) in [4.78, 5) is 0. The van der Waals surface area contributed by atoms with Gasteiger partial charge in [0, 0.05) is 13.7 Å². The Morgan fingerprint density at radius 3 is 2.10 bits per heavy atom. The van der Waals surface area contributed by atoms with Crippen molar-refractivity contribution in [2.24, 2.45) is 0 Å². The average molecular weight is 137 g/mol. The summed E-state index contributed by atoms with van der Waals surface area (Å²) in [5.74, 6) is 0. The molecular weight excluding hydrogens is 121 g/mol. The molecule has 0 bridgehead atoms. The van der Waals surface area contributed by atoms with Crippen LogP contribution in [0.25, 0.3) is 5.32 Å². The molecule has 0 spiro atoms. The third-order valence-corrected chi connectivity index (χ3v) is 0.960. The SMILES string of the molecule is COC[C@H](C)[N-]C(C)C.[Li+]. The van der Waals surface area contributed by atoms with Gasteiger partial charge in [-0.15, -0.1) is 12.1 Å². The Morgan fingerprint density at radius 1 is 1.30 bits per heavy atom. The van der Waals surface area contributed by atoms with Gasteiger partial charge < -0.3 is 10.1 Å². The summed E-state index contributed by atoms with van der Waals surface area (Å²) >= 11 is 0. The molecule has 1 atom stereocenters. The van der Waals surface area contributed by atoms with Crippen molar-refractivity contribution in [3.05, 3.63) is 5.32 Å². The van der Waals surface area contributed by atoms with Gasteiger partial charge in [-0.05, 0) is 0 Å². The zero-order valence-electron chi connectivity index (χ0n) is 7.72. The number of methoxy groups -OCH3 is 1. The molecule has 56 valence electrons. The number of ether oxygens (including phenoxy) is 1. The second kappa shape index (κ2) is 7.62. The molecule has 0 aliphatic carbocycles. The van der Waals surface area contributed by atoms with Crippen LogP contribution < -0.4 is 18.9 Å². The van der Waals surface area contributed by atoms with Gasteiger partial charge in [0.05, 0.1) is 0 Å². The van der Waals surface area contributed by atoms with E-state index in [1.54, 1.807) is 7.11 Å². The van der Waals surface area contributed by atoms with E-state index in [9.17, 15) is 0 Å². The fourth-order valence-corrected chi connectivity index (χ4v) is 0.793. The Kier molecular flexibility index (Phi) is 10.0. The summed E-state index contributed by atoms with van der Waals surface area (Å²) in [6, 6.07) is 0.769. The van der Waals surface area contributed by atoms with E-state index in [2.05, 4.69) is 26.1 Å². The molecule has 0 aliphatic rings. The zero-order chi connectivity index (χ0) is 7.28. The van der Waals surface area contributed by atoms with Crippen molar-refractivity contribution in [1.82, 2.24) is 0 Å². The Hall–Kier alpha value is 0.517. The molecule has 10 heavy (non-hydrogen) atoms. The van der Waals surface area contributed by atoms with Crippen molar-refractivity contribution < 1.29 is 23.6 Å². The fraction of sp³-hybridized carbons (Fsp3) is 1.00. The number of nitrogens with zero attached hydrogens (tertiary/aromatic N) is 1. The van der Waals surface area contributed by atoms with Crippen molar-refractivity contribution in [2.45, 2.75) is 32.9 Å². The molecule has 0 aromatic carbocycles. The van der Waals surface area contributed by atoms with Crippen molar-refractivity contribution in [3.63, 3.8) is 0 Å². The van der Waals surface area contributed by atoms with Gasteiger partial charge in [0.15, 0.2) is 0 Å². The molecule has 0 amide bonds. The van der Waals surface area contributed by atoms with E-state index in [4.69, 9.17) is 4.74 Å². The normalized spacial score (nSPS) is 12.9. The maximum atomic E-state index is 4.91. The summed E-state index contributed by atoms with van der Waals surface area (Å²) in [7, 11) is 1.70. The molecule has 0 saturated carbocycles. The average Bonchev–Trinajstić information content (AvgIpc) is 1.63. The number of rotatable bonds is 4. The Balaban J connectivity index is 0. The van der Waals surface area contributed by atoms with Crippen molar-refractivity contribution in [2.75, 3.05) is 13.7 Å². The topological polar surface area (TPSA) is 23.3 Å². The first-order chi connectivity index (χ1) is 4.16. The molecule has 0 heterocycles. The molecule has 0 aliphatic heterocycles. The minimum Gasteiger partial charge on any atom is -0.656 e. The molecule has 0 fully saturated rings. The van der Waals surface area contributed by atoms with Crippen LogP contribution in [0.1, 0.15) is 20.8 Å². The molecule has 2 nitrogen and oxygen atoms in total. The van der Waals surface area contributed by atoms with Crippen LogP contribution in [-0.4, -0.2) is 25.8 Å². The second-order valence-electron chi connectivity index (χ2n) is 2.55. The zero-order valence-corrected chi connectivity index (χ0v) is 7.72. The minimum atomic E-state index is 0. The van der Waals surface area contributed by atoms with Crippen LogP contribution in [0.2, 0.25) is 0 Å². The first-order valence-corrected chi connectivity index (χ1v) is 3.35. The van der Waals surface area contributed by atoms with Gasteiger partial charge in [0.25, 0.3) is 0 Å². The maximum Gasteiger partial charge on any atom is 1.00 e. The van der Waals surface area contributed by atoms with E-state index in [0.717, 1.165) is 6.61 Å². The largest absolute Gasteiger partial charge is 1.00 e. The molecule has 0 unspecified atom stereocenters. The quantitative estimate of drug-likeness (QED) is 0.447. The van der Waals surface area contributed by atoms with Crippen LogP contribution in [0, 0.1) is 0 Å². The smallest absolute Gasteiger partial charge is 0.656 e. The van der Waals surface area contributed by atoms with Crippen molar-refractivity contribution in [3.8, 4) is 0 Å². The number of hydrogen-bond donors (Lipinski definition) is 0. The molecule has 0 saturated heterocycles. The van der Waals surface area contributed by atoms with Gasteiger partial charge in [-0.25, -0.2) is 0 Å². The predicted octanol–water partition coefficient (Wildman–Crippen LogP) is -1.19. The first-order valence-electron chi connectivity index (χ1n) is 3.35. The van der Waals surface area contributed by atoms with Gasteiger partial charge in [0.1, 0.15) is 0 Å². The Labute approximate surface area is 75.9 Å². The summed E-state index contributed by atoms with van der Waals surface area (Å²) in [6.45, 7) is 6.94. The summed E-state index contributed by atoms with van der Waals surface area (Å²) in [6.07, 6.45) is 0. The van der Waals surface area contributed by atoms with Crippen LogP contribution in [0.4, 0.5) is 0 Å². The van der Waals surface area contributed by atoms with E-state index in [1.807, 2.05) is 0 Å².